The van der Waals surface area contributed by atoms with Gasteiger partial charge in [-0.25, -0.2) is 13.2 Å². The van der Waals surface area contributed by atoms with Crippen molar-refractivity contribution in [3.05, 3.63) is 35.1 Å². The van der Waals surface area contributed by atoms with Gasteiger partial charge in [0.05, 0.1) is 0 Å². The van der Waals surface area contributed by atoms with Crippen LogP contribution in [0.3, 0.4) is 0 Å². The second-order valence-corrected chi connectivity index (χ2v) is 4.78. The highest BCUT2D eigenvalue weighted by molar-refractivity contribution is 5.21. The van der Waals surface area contributed by atoms with Crippen molar-refractivity contribution < 1.29 is 13.2 Å². The van der Waals surface area contributed by atoms with Crippen molar-refractivity contribution in [2.75, 3.05) is 20.1 Å². The molecule has 18 heavy (non-hydrogen) atoms. The molecule has 0 bridgehead atoms. The minimum absolute atomic E-state index is 0.0316. The van der Waals surface area contributed by atoms with E-state index in [-0.39, 0.29) is 18.2 Å². The highest BCUT2D eigenvalue weighted by Gasteiger charge is 2.18. The van der Waals surface area contributed by atoms with Crippen molar-refractivity contribution in [3.63, 3.8) is 0 Å². The van der Waals surface area contributed by atoms with Gasteiger partial charge in [-0.1, -0.05) is 0 Å². The van der Waals surface area contributed by atoms with E-state index in [0.717, 1.165) is 38.1 Å². The summed E-state index contributed by atoms with van der Waals surface area (Å²) in [6.45, 7) is 1.96. The molecule has 0 atom stereocenters. The van der Waals surface area contributed by atoms with Gasteiger partial charge in [0.25, 0.3) is 0 Å². The fourth-order valence-corrected chi connectivity index (χ4v) is 2.19. The van der Waals surface area contributed by atoms with Gasteiger partial charge in [-0.2, -0.15) is 0 Å². The summed E-state index contributed by atoms with van der Waals surface area (Å²) in [5.41, 5.74) is -0.214. The first-order valence-electron chi connectivity index (χ1n) is 6.12. The van der Waals surface area contributed by atoms with Crippen LogP contribution in [0.5, 0.6) is 0 Å². The summed E-state index contributed by atoms with van der Waals surface area (Å²) < 4.78 is 39.8. The summed E-state index contributed by atoms with van der Waals surface area (Å²) in [6, 6.07) is 2.01. The standard InChI is InChI=1S/C13H17F3N2/c1-18-6-4-9(5-7-18)17-8-10-11(14)2-3-12(15)13(10)16/h2-3,9,17H,4-8H2,1H3. The zero-order valence-corrected chi connectivity index (χ0v) is 10.3. The van der Waals surface area contributed by atoms with Gasteiger partial charge < -0.3 is 10.2 Å². The minimum atomic E-state index is -1.09. The Labute approximate surface area is 105 Å². The van der Waals surface area contributed by atoms with E-state index in [1.807, 2.05) is 7.05 Å². The lowest BCUT2D eigenvalue weighted by Crippen LogP contribution is -2.40. The molecule has 2 rings (SSSR count). The number of halogens is 3. The maximum absolute atomic E-state index is 13.4. The topological polar surface area (TPSA) is 15.3 Å². The average Bonchev–Trinajstić information content (AvgIpc) is 2.36. The third-order valence-corrected chi connectivity index (χ3v) is 3.42. The van der Waals surface area contributed by atoms with E-state index in [1.54, 1.807) is 0 Å². The van der Waals surface area contributed by atoms with Crippen molar-refractivity contribution in [1.29, 1.82) is 0 Å². The number of rotatable bonds is 3. The van der Waals surface area contributed by atoms with Gasteiger partial charge in [-0.15, -0.1) is 0 Å². The molecule has 0 unspecified atom stereocenters. The molecule has 0 amide bonds. The molecule has 1 N–H and O–H groups in total. The van der Waals surface area contributed by atoms with Crippen LogP contribution in [0, 0.1) is 17.5 Å². The van der Waals surface area contributed by atoms with Crippen LogP contribution in [0.25, 0.3) is 0 Å². The molecule has 2 nitrogen and oxygen atoms in total. The quantitative estimate of drug-likeness (QED) is 0.837. The monoisotopic (exact) mass is 258 g/mol. The normalized spacial score (nSPS) is 18.2. The largest absolute Gasteiger partial charge is 0.310 e. The van der Waals surface area contributed by atoms with E-state index in [9.17, 15) is 13.2 Å². The van der Waals surface area contributed by atoms with Crippen LogP contribution >= 0.6 is 0 Å². The molecule has 1 fully saturated rings. The maximum atomic E-state index is 13.4. The smallest absolute Gasteiger partial charge is 0.166 e. The number of nitrogens with zero attached hydrogens (tertiary/aromatic N) is 1. The Kier molecular flexibility index (Phi) is 4.24. The first kappa shape index (κ1) is 13.4. The van der Waals surface area contributed by atoms with Gasteiger partial charge in [0.15, 0.2) is 11.6 Å². The van der Waals surface area contributed by atoms with E-state index < -0.39 is 17.5 Å². The SMILES string of the molecule is CN1CCC(NCc2c(F)ccc(F)c2F)CC1. The third-order valence-electron chi connectivity index (χ3n) is 3.42. The highest BCUT2D eigenvalue weighted by Crippen LogP contribution is 2.17. The highest BCUT2D eigenvalue weighted by atomic mass is 19.2. The number of nitrogens with one attached hydrogen (secondary N) is 1. The zero-order valence-electron chi connectivity index (χ0n) is 10.3. The average molecular weight is 258 g/mol. The van der Waals surface area contributed by atoms with Gasteiger partial charge >= 0.3 is 0 Å². The van der Waals surface area contributed by atoms with Gasteiger partial charge in [0.1, 0.15) is 5.82 Å². The Morgan fingerprint density at radius 1 is 1.17 bits per heavy atom. The third kappa shape index (κ3) is 3.03. The van der Waals surface area contributed by atoms with E-state index >= 15 is 0 Å². The molecule has 1 aliphatic rings. The molecule has 1 saturated heterocycles. The van der Waals surface area contributed by atoms with Crippen LogP contribution in [-0.2, 0) is 6.54 Å². The lowest BCUT2D eigenvalue weighted by Gasteiger charge is -2.29. The molecule has 0 aromatic heterocycles. The second-order valence-electron chi connectivity index (χ2n) is 4.78. The predicted molar refractivity (Wildman–Crippen MR) is 63.7 cm³/mol. The molecule has 0 aliphatic carbocycles. The lowest BCUT2D eigenvalue weighted by molar-refractivity contribution is 0.233. The van der Waals surface area contributed by atoms with E-state index in [4.69, 9.17) is 0 Å². The van der Waals surface area contributed by atoms with Gasteiger partial charge in [-0.3, -0.25) is 0 Å². The molecule has 1 aromatic carbocycles. The van der Waals surface area contributed by atoms with Crippen LogP contribution in [0.2, 0.25) is 0 Å². The predicted octanol–water partition coefficient (Wildman–Crippen LogP) is 2.29. The van der Waals surface area contributed by atoms with Gasteiger partial charge in [-0.05, 0) is 45.1 Å². The molecule has 1 heterocycles. The van der Waals surface area contributed by atoms with Crippen molar-refractivity contribution >= 4 is 0 Å². The van der Waals surface area contributed by atoms with Crippen LogP contribution < -0.4 is 5.32 Å². The summed E-state index contributed by atoms with van der Waals surface area (Å²) in [6.07, 6.45) is 1.88. The second kappa shape index (κ2) is 5.71. The minimum Gasteiger partial charge on any atom is -0.310 e. The van der Waals surface area contributed by atoms with E-state index in [0.29, 0.717) is 0 Å². The zero-order chi connectivity index (χ0) is 13.1. The number of likely N-dealkylation sites (tertiary alicyclic amines) is 1. The lowest BCUT2D eigenvalue weighted by atomic mass is 10.0. The molecule has 5 heteroatoms. The molecule has 0 saturated carbocycles. The molecular weight excluding hydrogens is 241 g/mol. The molecular formula is C13H17F3N2. The van der Waals surface area contributed by atoms with Gasteiger partial charge in [0.2, 0.25) is 0 Å². The van der Waals surface area contributed by atoms with Crippen molar-refractivity contribution in [2.45, 2.75) is 25.4 Å². The molecule has 0 spiro atoms. The first-order chi connectivity index (χ1) is 8.58. The van der Waals surface area contributed by atoms with Crippen LogP contribution in [0.15, 0.2) is 12.1 Å². The number of hydrogen-bond donors (Lipinski definition) is 1. The summed E-state index contributed by atoms with van der Waals surface area (Å²) in [4.78, 5) is 2.21. The summed E-state index contributed by atoms with van der Waals surface area (Å²) in [7, 11) is 2.04. The Morgan fingerprint density at radius 3 is 2.44 bits per heavy atom. The molecule has 1 aliphatic heterocycles. The Hall–Kier alpha value is -1.07. The van der Waals surface area contributed by atoms with Crippen LogP contribution in [0.1, 0.15) is 18.4 Å². The first-order valence-corrected chi connectivity index (χ1v) is 6.12. The van der Waals surface area contributed by atoms with Crippen molar-refractivity contribution in [1.82, 2.24) is 10.2 Å². The fourth-order valence-electron chi connectivity index (χ4n) is 2.19. The van der Waals surface area contributed by atoms with Gasteiger partial charge in [0, 0.05) is 18.2 Å². The van der Waals surface area contributed by atoms with Crippen LogP contribution in [-0.4, -0.2) is 31.1 Å². The number of piperidine rings is 1. The molecule has 1 aromatic rings. The maximum Gasteiger partial charge on any atom is 0.166 e. The Bertz CT molecular complexity index is 415. The summed E-state index contributed by atoms with van der Waals surface area (Å²) >= 11 is 0. The van der Waals surface area contributed by atoms with Crippen molar-refractivity contribution in [2.24, 2.45) is 0 Å². The molecule has 0 radical (unpaired) electrons. The number of benzene rings is 1. The van der Waals surface area contributed by atoms with E-state index in [2.05, 4.69) is 10.2 Å². The van der Waals surface area contributed by atoms with Crippen LogP contribution in [0.4, 0.5) is 13.2 Å². The van der Waals surface area contributed by atoms with Crippen molar-refractivity contribution in [3.8, 4) is 0 Å². The Balaban J connectivity index is 1.96. The summed E-state index contributed by atoms with van der Waals surface area (Å²) in [5, 5.41) is 3.09. The Morgan fingerprint density at radius 2 is 1.78 bits per heavy atom. The number of hydrogen-bond acceptors (Lipinski definition) is 2. The fraction of sp³-hybridized carbons (Fsp3) is 0.538. The summed E-state index contributed by atoms with van der Waals surface area (Å²) in [5.74, 6) is -2.79. The van der Waals surface area contributed by atoms with E-state index in [1.165, 1.54) is 0 Å². The molecule has 100 valence electrons.